The maximum atomic E-state index is 2.48. The Morgan fingerprint density at radius 2 is 0.733 bits per heavy atom. The zero-order chi connectivity index (χ0) is 50.3. The number of nitrogens with zero attached hydrogens (tertiary/aromatic N) is 2. The number of fused-ring (bicyclic) bond motifs is 4. The van der Waals surface area contributed by atoms with Crippen LogP contribution in [0.15, 0.2) is 291 Å². The lowest BCUT2D eigenvalue weighted by atomic mass is 9.81. The lowest BCUT2D eigenvalue weighted by Gasteiger charge is -2.32. The topological polar surface area (TPSA) is 6.48 Å². The largest absolute Gasteiger partial charge is 0.310 e. The number of para-hydroxylation sites is 2. The van der Waals surface area contributed by atoms with Crippen LogP contribution in [-0.2, 0) is 5.41 Å². The van der Waals surface area contributed by atoms with Crippen LogP contribution < -0.4 is 9.80 Å². The van der Waals surface area contributed by atoms with Crippen LogP contribution in [0, 0.1) is 0 Å². The Bertz CT molecular complexity index is 3940. The lowest BCUT2D eigenvalue weighted by Crippen LogP contribution is -2.17. The van der Waals surface area contributed by atoms with Gasteiger partial charge in [-0.1, -0.05) is 238 Å². The minimum absolute atomic E-state index is 0.256. The predicted octanol–water partition coefficient (Wildman–Crippen LogP) is 20.4. The third kappa shape index (κ3) is 8.27. The number of hydrogen-bond acceptors (Lipinski definition) is 2. The summed E-state index contributed by atoms with van der Waals surface area (Å²) in [5.41, 5.74) is 23.1. The second-order valence-corrected chi connectivity index (χ2v) is 20.1. The molecule has 0 aliphatic heterocycles. The Labute approximate surface area is 440 Å². The summed E-state index contributed by atoms with van der Waals surface area (Å²) in [7, 11) is 0. The van der Waals surface area contributed by atoms with Crippen LogP contribution in [0.2, 0.25) is 0 Å². The first kappa shape index (κ1) is 45.4. The van der Waals surface area contributed by atoms with Crippen molar-refractivity contribution in [2.24, 2.45) is 0 Å². The molecule has 12 aromatic rings. The van der Waals surface area contributed by atoms with Gasteiger partial charge in [-0.05, 0) is 150 Å². The zero-order valence-electron chi connectivity index (χ0n) is 42.1. The van der Waals surface area contributed by atoms with Crippen molar-refractivity contribution in [1.29, 1.82) is 0 Å². The highest BCUT2D eigenvalue weighted by atomic mass is 15.2. The summed E-state index contributed by atoms with van der Waals surface area (Å²) in [6.45, 7) is 4.78. The average molecular weight is 959 g/mol. The number of anilines is 6. The van der Waals surface area contributed by atoms with E-state index < -0.39 is 0 Å². The summed E-state index contributed by atoms with van der Waals surface area (Å²) in [6, 6.07) is 107. The van der Waals surface area contributed by atoms with Gasteiger partial charge in [0.05, 0.1) is 5.69 Å². The van der Waals surface area contributed by atoms with Gasteiger partial charge in [0, 0.05) is 39.4 Å². The number of hydrogen-bond donors (Lipinski definition) is 0. The van der Waals surface area contributed by atoms with Gasteiger partial charge < -0.3 is 9.80 Å². The highest BCUT2D eigenvalue weighted by Gasteiger charge is 2.36. The molecule has 0 saturated carbocycles. The van der Waals surface area contributed by atoms with Gasteiger partial charge in [0.1, 0.15) is 0 Å². The van der Waals surface area contributed by atoms with E-state index in [-0.39, 0.29) is 5.41 Å². The molecule has 0 fully saturated rings. The van der Waals surface area contributed by atoms with Gasteiger partial charge in [0.2, 0.25) is 0 Å². The van der Waals surface area contributed by atoms with E-state index in [1.807, 2.05) is 0 Å². The smallest absolute Gasteiger partial charge is 0.0546 e. The number of benzene rings is 12. The molecule has 2 heteroatoms. The van der Waals surface area contributed by atoms with E-state index in [4.69, 9.17) is 0 Å². The van der Waals surface area contributed by atoms with Crippen molar-refractivity contribution in [3.63, 3.8) is 0 Å². The van der Waals surface area contributed by atoms with Gasteiger partial charge in [0.25, 0.3) is 0 Å². The molecule has 0 radical (unpaired) electrons. The zero-order valence-corrected chi connectivity index (χ0v) is 42.1. The summed E-state index contributed by atoms with van der Waals surface area (Å²) < 4.78 is 0. The Balaban J connectivity index is 1.10. The van der Waals surface area contributed by atoms with Gasteiger partial charge in [0.15, 0.2) is 0 Å². The average Bonchev–Trinajstić information content (AvgIpc) is 3.75. The molecule has 0 unspecified atom stereocenters. The molecule has 0 amide bonds. The molecule has 0 spiro atoms. The molecule has 2 nitrogen and oxygen atoms in total. The van der Waals surface area contributed by atoms with Gasteiger partial charge in [-0.25, -0.2) is 0 Å². The Kier molecular flexibility index (Phi) is 11.6. The fourth-order valence-corrected chi connectivity index (χ4v) is 11.6. The molecule has 0 heterocycles. The second kappa shape index (κ2) is 19.2. The molecule has 12 aromatic carbocycles. The maximum absolute atomic E-state index is 2.48. The van der Waals surface area contributed by atoms with E-state index in [2.05, 4.69) is 315 Å². The van der Waals surface area contributed by atoms with E-state index in [1.54, 1.807) is 0 Å². The summed E-state index contributed by atoms with van der Waals surface area (Å²) in [5, 5.41) is 2.39. The van der Waals surface area contributed by atoms with Crippen LogP contribution in [0.25, 0.3) is 77.5 Å². The molecule has 1 aliphatic carbocycles. The first-order valence-electron chi connectivity index (χ1n) is 26.0. The van der Waals surface area contributed by atoms with Crippen molar-refractivity contribution < 1.29 is 0 Å². The molecule has 75 heavy (non-hydrogen) atoms. The quantitative estimate of drug-likeness (QED) is 0.127. The fraction of sp³-hybridized carbons (Fsp3) is 0.0411. The summed E-state index contributed by atoms with van der Waals surface area (Å²) in [5.74, 6) is 0. The molecule has 13 rings (SSSR count). The van der Waals surface area contributed by atoms with Gasteiger partial charge in [-0.2, -0.15) is 0 Å². The van der Waals surface area contributed by atoms with Crippen LogP contribution in [-0.4, -0.2) is 0 Å². The standard InChI is InChI=1S/C73H54N2/c1-73(2)68-48-56(51-24-9-3-10-25-51)40-43-66(68)67-44-42-60(50-69(67)73)74(58-33-17-7-18-34-58)61-46-57(71-63(52-26-11-4-12-27-52)38-23-39-64(71)53-28-13-5-14-29-53)47-62(49-61)75(59-35-19-8-20-36-59)70-45-41-54-30-21-22-37-65(54)72(70)55-31-15-6-16-32-55/h3-50H,1-2H3. The molecule has 0 bridgehead atoms. The molecule has 0 saturated heterocycles. The van der Waals surface area contributed by atoms with Crippen LogP contribution in [0.4, 0.5) is 34.1 Å². The lowest BCUT2D eigenvalue weighted by molar-refractivity contribution is 0.660. The van der Waals surface area contributed by atoms with E-state index in [1.165, 1.54) is 66.4 Å². The van der Waals surface area contributed by atoms with Gasteiger partial charge in [-0.3, -0.25) is 0 Å². The molecule has 0 N–H and O–H groups in total. The first-order valence-corrected chi connectivity index (χ1v) is 26.0. The van der Waals surface area contributed by atoms with Crippen molar-refractivity contribution >= 4 is 44.9 Å². The third-order valence-electron chi connectivity index (χ3n) is 15.2. The van der Waals surface area contributed by atoms with Crippen LogP contribution >= 0.6 is 0 Å². The minimum atomic E-state index is -0.256. The summed E-state index contributed by atoms with van der Waals surface area (Å²) in [4.78, 5) is 4.95. The van der Waals surface area contributed by atoms with Crippen molar-refractivity contribution in [2.75, 3.05) is 9.80 Å². The minimum Gasteiger partial charge on any atom is -0.310 e. The van der Waals surface area contributed by atoms with E-state index in [0.717, 1.165) is 56.4 Å². The summed E-state index contributed by atoms with van der Waals surface area (Å²) in [6.07, 6.45) is 0. The Hall–Kier alpha value is -9.50. The van der Waals surface area contributed by atoms with Crippen molar-refractivity contribution in [1.82, 2.24) is 0 Å². The second-order valence-electron chi connectivity index (χ2n) is 20.1. The van der Waals surface area contributed by atoms with E-state index >= 15 is 0 Å². The van der Waals surface area contributed by atoms with Crippen molar-refractivity contribution in [3.05, 3.63) is 302 Å². The normalized spacial score (nSPS) is 12.2. The molecular weight excluding hydrogens is 905 g/mol. The number of rotatable bonds is 11. The molecular formula is C73H54N2. The monoisotopic (exact) mass is 958 g/mol. The highest BCUT2D eigenvalue weighted by Crippen LogP contribution is 2.54. The van der Waals surface area contributed by atoms with E-state index in [0.29, 0.717) is 0 Å². The molecule has 0 aromatic heterocycles. The predicted molar refractivity (Wildman–Crippen MR) is 318 cm³/mol. The third-order valence-corrected chi connectivity index (χ3v) is 15.2. The Morgan fingerprint density at radius 3 is 1.33 bits per heavy atom. The van der Waals surface area contributed by atoms with Gasteiger partial charge in [-0.15, -0.1) is 0 Å². The summed E-state index contributed by atoms with van der Waals surface area (Å²) >= 11 is 0. The SMILES string of the molecule is CC1(C)c2cc(-c3ccccc3)ccc2-c2ccc(N(c3ccccc3)c3cc(-c4c(-c5ccccc5)cccc4-c4ccccc4)cc(N(c4ccccc4)c4ccc5ccccc5c4-c4ccccc4)c3)cc21. The van der Waals surface area contributed by atoms with Crippen LogP contribution in [0.1, 0.15) is 25.0 Å². The molecule has 356 valence electrons. The van der Waals surface area contributed by atoms with Gasteiger partial charge >= 0.3 is 0 Å². The maximum Gasteiger partial charge on any atom is 0.0546 e. The Morgan fingerprint density at radius 1 is 0.253 bits per heavy atom. The molecule has 1 aliphatic rings. The van der Waals surface area contributed by atoms with Crippen LogP contribution in [0.5, 0.6) is 0 Å². The fourth-order valence-electron chi connectivity index (χ4n) is 11.6. The van der Waals surface area contributed by atoms with Crippen molar-refractivity contribution in [3.8, 4) is 66.8 Å². The molecule has 0 atom stereocenters. The first-order chi connectivity index (χ1) is 37.0. The van der Waals surface area contributed by atoms with Crippen LogP contribution in [0.3, 0.4) is 0 Å². The van der Waals surface area contributed by atoms with E-state index in [9.17, 15) is 0 Å². The van der Waals surface area contributed by atoms with Crippen molar-refractivity contribution in [2.45, 2.75) is 19.3 Å². The highest BCUT2D eigenvalue weighted by molar-refractivity contribution is 6.06.